The highest BCUT2D eigenvalue weighted by molar-refractivity contribution is 5.76. The summed E-state index contributed by atoms with van der Waals surface area (Å²) in [5.74, 6) is -0.0127. The molecule has 0 aromatic heterocycles. The summed E-state index contributed by atoms with van der Waals surface area (Å²) in [6.45, 7) is 5.00. The van der Waals surface area contributed by atoms with Crippen molar-refractivity contribution < 1.29 is 24.5 Å². The minimum absolute atomic E-state index is 0.0148. The Morgan fingerprint density at radius 2 is 0.549 bits per heavy atom. The van der Waals surface area contributed by atoms with Gasteiger partial charge in [-0.25, -0.2) is 0 Å². The molecule has 6 heteroatoms. The number of aliphatic hydroxyl groups is 2. The third kappa shape index (κ3) is 77.0. The van der Waals surface area contributed by atoms with Gasteiger partial charge in [0.25, 0.3) is 0 Å². The van der Waals surface area contributed by atoms with E-state index in [1.54, 1.807) is 0 Å². The molecule has 0 aromatic carbocycles. The summed E-state index contributed by atoms with van der Waals surface area (Å²) in [6, 6.07) is -0.541. The molecule has 0 saturated heterocycles. The molecule has 0 aliphatic carbocycles. The monoisotopic (exact) mass is 1280 g/mol. The Labute approximate surface area is 570 Å². The third-order valence-corrected chi connectivity index (χ3v) is 19.7. The van der Waals surface area contributed by atoms with Crippen molar-refractivity contribution in [3.8, 4) is 0 Å². The van der Waals surface area contributed by atoms with Gasteiger partial charge in [0.2, 0.25) is 5.91 Å². The molecule has 0 rings (SSSR count). The first-order valence-corrected chi connectivity index (χ1v) is 41.7. The Morgan fingerprint density at radius 3 is 0.846 bits per heavy atom. The Morgan fingerprint density at radius 1 is 0.308 bits per heavy atom. The average molecular weight is 1280 g/mol. The highest BCUT2D eigenvalue weighted by atomic mass is 16.5. The number of hydrogen-bond donors (Lipinski definition) is 3. The lowest BCUT2D eigenvalue weighted by Gasteiger charge is -2.22. The van der Waals surface area contributed by atoms with Crippen LogP contribution in [0.3, 0.4) is 0 Å². The van der Waals surface area contributed by atoms with Gasteiger partial charge in [0, 0.05) is 12.8 Å². The molecule has 0 fully saturated rings. The highest BCUT2D eigenvalue weighted by Crippen LogP contribution is 2.20. The standard InChI is InChI=1S/C85H163NO5/c1-3-5-7-9-11-13-15-17-19-21-23-39-42-45-49-53-57-61-65-69-73-77-83(88)82(81-87)86-84(89)78-74-70-66-62-58-54-50-46-43-40-37-35-33-31-29-27-25-24-26-28-30-32-34-36-38-41-44-48-52-56-60-64-68-72-76-80-91-85(90)79-75-71-67-63-59-55-51-47-22-20-18-16-14-12-10-8-6-4-2/h20,22,26,28,32,34,82-83,87-88H,3-19,21,23-25,27,29-31,33,35-81H2,1-2H3,(H,86,89)/b22-20-,28-26-,34-32-. The average Bonchev–Trinajstić information content (AvgIpc) is 3.74. The van der Waals surface area contributed by atoms with Gasteiger partial charge in [-0.1, -0.05) is 410 Å². The molecule has 0 radical (unpaired) electrons. The first kappa shape index (κ1) is 89.1. The van der Waals surface area contributed by atoms with Gasteiger partial charge in [-0.15, -0.1) is 0 Å². The van der Waals surface area contributed by atoms with Gasteiger partial charge in [0.1, 0.15) is 0 Å². The summed E-state index contributed by atoms with van der Waals surface area (Å²) in [5, 5.41) is 23.5. The molecule has 0 aliphatic rings. The molecule has 2 unspecified atom stereocenters. The minimum Gasteiger partial charge on any atom is -0.466 e. The molecule has 3 N–H and O–H groups in total. The number of amides is 1. The quantitative estimate of drug-likeness (QED) is 0.0320. The maximum atomic E-state index is 12.6. The smallest absolute Gasteiger partial charge is 0.305 e. The van der Waals surface area contributed by atoms with Gasteiger partial charge in [-0.05, 0) is 83.5 Å². The lowest BCUT2D eigenvalue weighted by Crippen LogP contribution is -2.45. The first-order valence-electron chi connectivity index (χ1n) is 41.7. The Hall–Kier alpha value is -1.92. The number of esters is 1. The fraction of sp³-hybridized carbons (Fsp3) is 0.906. The fourth-order valence-corrected chi connectivity index (χ4v) is 13.3. The molecule has 0 aromatic rings. The summed E-state index contributed by atoms with van der Waals surface area (Å²) >= 11 is 0. The number of unbranched alkanes of at least 4 members (excludes halogenated alkanes) is 62. The molecule has 6 nitrogen and oxygen atoms in total. The van der Waals surface area contributed by atoms with E-state index in [-0.39, 0.29) is 18.5 Å². The van der Waals surface area contributed by atoms with Crippen molar-refractivity contribution in [2.24, 2.45) is 0 Å². The number of allylic oxidation sites excluding steroid dienone is 6. The second kappa shape index (κ2) is 80.5. The maximum Gasteiger partial charge on any atom is 0.305 e. The van der Waals surface area contributed by atoms with Crippen molar-refractivity contribution in [2.75, 3.05) is 13.2 Å². The molecule has 0 saturated carbocycles. The van der Waals surface area contributed by atoms with Gasteiger partial charge in [0.05, 0.1) is 25.4 Å². The van der Waals surface area contributed by atoms with Crippen molar-refractivity contribution >= 4 is 11.9 Å². The van der Waals surface area contributed by atoms with Crippen molar-refractivity contribution in [3.05, 3.63) is 36.5 Å². The number of carbonyl (C=O) groups is 2. The topological polar surface area (TPSA) is 95.9 Å². The number of ether oxygens (including phenoxy) is 1. The van der Waals surface area contributed by atoms with Crippen molar-refractivity contribution in [3.63, 3.8) is 0 Å². The van der Waals surface area contributed by atoms with E-state index in [2.05, 4.69) is 55.6 Å². The van der Waals surface area contributed by atoms with Crippen molar-refractivity contribution in [1.82, 2.24) is 5.32 Å². The van der Waals surface area contributed by atoms with Crippen LogP contribution in [0.25, 0.3) is 0 Å². The minimum atomic E-state index is -0.664. The maximum absolute atomic E-state index is 12.6. The first-order chi connectivity index (χ1) is 45.0. The van der Waals surface area contributed by atoms with Crippen LogP contribution >= 0.6 is 0 Å². The van der Waals surface area contributed by atoms with E-state index in [4.69, 9.17) is 4.74 Å². The van der Waals surface area contributed by atoms with E-state index < -0.39 is 12.1 Å². The molecule has 2 atom stereocenters. The van der Waals surface area contributed by atoms with Gasteiger partial charge in [-0.3, -0.25) is 9.59 Å². The van der Waals surface area contributed by atoms with Gasteiger partial charge < -0.3 is 20.3 Å². The number of hydrogen-bond acceptors (Lipinski definition) is 5. The van der Waals surface area contributed by atoms with Crippen LogP contribution in [0.4, 0.5) is 0 Å². The van der Waals surface area contributed by atoms with E-state index in [9.17, 15) is 19.8 Å². The van der Waals surface area contributed by atoms with E-state index in [1.165, 1.54) is 385 Å². The normalized spacial score (nSPS) is 12.6. The summed E-state index contributed by atoms with van der Waals surface area (Å²) in [5.41, 5.74) is 0. The van der Waals surface area contributed by atoms with Crippen LogP contribution in [-0.4, -0.2) is 47.4 Å². The number of aliphatic hydroxyl groups excluding tert-OH is 2. The second-order valence-electron chi connectivity index (χ2n) is 28.8. The fourth-order valence-electron chi connectivity index (χ4n) is 13.3. The Bertz CT molecular complexity index is 1470. The van der Waals surface area contributed by atoms with Crippen LogP contribution in [0.5, 0.6) is 0 Å². The molecular weight excluding hydrogens is 1110 g/mol. The molecule has 538 valence electrons. The second-order valence-corrected chi connectivity index (χ2v) is 28.8. The summed E-state index contributed by atoms with van der Waals surface area (Å²) in [7, 11) is 0. The largest absolute Gasteiger partial charge is 0.466 e. The van der Waals surface area contributed by atoms with Gasteiger partial charge in [0.15, 0.2) is 0 Å². The van der Waals surface area contributed by atoms with Crippen molar-refractivity contribution in [1.29, 1.82) is 0 Å². The molecule has 0 heterocycles. The number of carbonyl (C=O) groups excluding carboxylic acids is 2. The lowest BCUT2D eigenvalue weighted by molar-refractivity contribution is -0.143. The van der Waals surface area contributed by atoms with Crippen LogP contribution < -0.4 is 5.32 Å². The van der Waals surface area contributed by atoms with E-state index >= 15 is 0 Å². The number of nitrogens with one attached hydrogen (secondary N) is 1. The Kier molecular flexibility index (Phi) is 78.8. The third-order valence-electron chi connectivity index (χ3n) is 19.7. The summed E-state index contributed by atoms with van der Waals surface area (Å²) in [4.78, 5) is 24.7. The lowest BCUT2D eigenvalue weighted by atomic mass is 10.0. The summed E-state index contributed by atoms with van der Waals surface area (Å²) in [6.07, 6.45) is 105. The SMILES string of the molecule is CCCCCCCCC/C=C\CCCCCCCCCC(=O)OCCCCCCCCCCCCC/C=C\C/C=C\CCCCCCCCCCCCCCCCCCCC(=O)NC(CO)C(O)CCCCCCCCCCCCCCCCCCCCCCC. The molecule has 0 aliphatic heterocycles. The summed E-state index contributed by atoms with van der Waals surface area (Å²) < 4.78 is 5.51. The molecule has 91 heavy (non-hydrogen) atoms. The predicted octanol–water partition coefficient (Wildman–Crippen LogP) is 27.8. The van der Waals surface area contributed by atoms with Crippen molar-refractivity contribution in [2.45, 2.75) is 482 Å². The molecule has 0 spiro atoms. The Balaban J connectivity index is 3.36. The van der Waals surface area contributed by atoms with Crippen LogP contribution in [0.1, 0.15) is 470 Å². The van der Waals surface area contributed by atoms with Crippen LogP contribution in [0, 0.1) is 0 Å². The van der Waals surface area contributed by atoms with Gasteiger partial charge in [-0.2, -0.15) is 0 Å². The molecule has 0 bridgehead atoms. The zero-order chi connectivity index (χ0) is 65.6. The predicted molar refractivity (Wildman–Crippen MR) is 403 cm³/mol. The van der Waals surface area contributed by atoms with E-state index in [0.717, 1.165) is 51.4 Å². The van der Waals surface area contributed by atoms with E-state index in [1.807, 2.05) is 0 Å². The van der Waals surface area contributed by atoms with Crippen LogP contribution in [0.2, 0.25) is 0 Å². The zero-order valence-electron chi connectivity index (χ0n) is 61.9. The highest BCUT2D eigenvalue weighted by Gasteiger charge is 2.20. The van der Waals surface area contributed by atoms with Gasteiger partial charge >= 0.3 is 5.97 Å². The number of rotatable bonds is 79. The van der Waals surface area contributed by atoms with Crippen LogP contribution in [0.15, 0.2) is 36.5 Å². The molecular formula is C85H163NO5. The zero-order valence-corrected chi connectivity index (χ0v) is 61.9. The van der Waals surface area contributed by atoms with E-state index in [0.29, 0.717) is 25.9 Å². The van der Waals surface area contributed by atoms with Crippen LogP contribution in [-0.2, 0) is 14.3 Å². The molecule has 1 amide bonds.